The molecule has 0 saturated heterocycles. The third-order valence-corrected chi connectivity index (χ3v) is 5.88. The first-order valence-corrected chi connectivity index (χ1v) is 11.5. The number of anilines is 1. The van der Waals surface area contributed by atoms with Crippen molar-refractivity contribution in [2.24, 2.45) is 16.8 Å². The highest BCUT2D eigenvalue weighted by atomic mass is 35.5. The highest BCUT2D eigenvalue weighted by molar-refractivity contribution is 6.30. The summed E-state index contributed by atoms with van der Waals surface area (Å²) in [6.07, 6.45) is 1.38. The molecule has 8 nitrogen and oxygen atoms in total. The van der Waals surface area contributed by atoms with Crippen molar-refractivity contribution in [1.29, 1.82) is 0 Å². The Labute approximate surface area is 208 Å². The van der Waals surface area contributed by atoms with E-state index in [9.17, 15) is 9.59 Å². The van der Waals surface area contributed by atoms with Crippen molar-refractivity contribution in [3.8, 4) is 11.5 Å². The third-order valence-electron chi connectivity index (χ3n) is 5.63. The summed E-state index contributed by atoms with van der Waals surface area (Å²) < 4.78 is 5.74. The van der Waals surface area contributed by atoms with E-state index in [1.165, 1.54) is 12.3 Å². The SMILES string of the molecule is CC(C)C1CN=C(Nc2ccc(Oc3ccnc(C(=O)O)c3)cc2)N(Cc2ccc(Cl)cc2)C1=O. The van der Waals surface area contributed by atoms with Gasteiger partial charge < -0.3 is 15.2 Å². The van der Waals surface area contributed by atoms with Crippen molar-refractivity contribution < 1.29 is 19.4 Å². The second kappa shape index (κ2) is 10.6. The Kier molecular flexibility index (Phi) is 7.31. The van der Waals surface area contributed by atoms with Gasteiger partial charge in [0, 0.05) is 23.0 Å². The molecule has 3 aromatic rings. The Hall–Kier alpha value is -3.91. The van der Waals surface area contributed by atoms with Crippen LogP contribution in [-0.2, 0) is 11.3 Å². The third kappa shape index (κ3) is 5.96. The predicted molar refractivity (Wildman–Crippen MR) is 134 cm³/mol. The van der Waals surface area contributed by atoms with E-state index in [1.807, 2.05) is 26.0 Å². The number of carbonyl (C=O) groups excluding carboxylic acids is 1. The van der Waals surface area contributed by atoms with Gasteiger partial charge in [-0.3, -0.25) is 14.7 Å². The molecular weight excluding hydrogens is 468 g/mol. The molecule has 1 aromatic heterocycles. The number of guanidine groups is 1. The molecular formula is C26H25ClN4O4. The molecule has 1 unspecified atom stereocenters. The van der Waals surface area contributed by atoms with Gasteiger partial charge in [-0.25, -0.2) is 9.78 Å². The molecule has 0 bridgehead atoms. The molecule has 180 valence electrons. The number of carboxylic acid groups (broad SMARTS) is 1. The second-order valence-electron chi connectivity index (χ2n) is 8.50. The van der Waals surface area contributed by atoms with Gasteiger partial charge in [-0.2, -0.15) is 0 Å². The number of carboxylic acids is 1. The molecule has 1 atom stereocenters. The zero-order chi connectivity index (χ0) is 24.9. The van der Waals surface area contributed by atoms with Crippen molar-refractivity contribution in [1.82, 2.24) is 9.88 Å². The highest BCUT2D eigenvalue weighted by Crippen LogP contribution is 2.26. The van der Waals surface area contributed by atoms with E-state index in [4.69, 9.17) is 21.4 Å². The van der Waals surface area contributed by atoms with E-state index in [-0.39, 0.29) is 23.4 Å². The molecule has 0 fully saturated rings. The van der Waals surface area contributed by atoms with E-state index in [0.717, 1.165) is 11.3 Å². The van der Waals surface area contributed by atoms with Gasteiger partial charge >= 0.3 is 5.97 Å². The highest BCUT2D eigenvalue weighted by Gasteiger charge is 2.33. The van der Waals surface area contributed by atoms with Gasteiger partial charge in [-0.05, 0) is 53.9 Å². The van der Waals surface area contributed by atoms with Crippen LogP contribution in [-0.4, -0.2) is 39.4 Å². The van der Waals surface area contributed by atoms with Crippen molar-refractivity contribution in [2.45, 2.75) is 20.4 Å². The number of ether oxygens (including phenoxy) is 1. The van der Waals surface area contributed by atoms with E-state index < -0.39 is 5.97 Å². The summed E-state index contributed by atoms with van der Waals surface area (Å²) in [6.45, 7) is 4.85. The minimum absolute atomic E-state index is 0.0272. The lowest BCUT2D eigenvalue weighted by Crippen LogP contribution is -2.49. The Morgan fingerprint density at radius 2 is 1.86 bits per heavy atom. The van der Waals surface area contributed by atoms with Gasteiger partial charge in [-0.1, -0.05) is 37.6 Å². The average Bonchev–Trinajstić information content (AvgIpc) is 2.84. The fourth-order valence-electron chi connectivity index (χ4n) is 3.64. The van der Waals surface area contributed by atoms with Crippen molar-refractivity contribution >= 4 is 35.1 Å². The number of benzene rings is 2. The lowest BCUT2D eigenvalue weighted by Gasteiger charge is -2.34. The largest absolute Gasteiger partial charge is 0.477 e. The van der Waals surface area contributed by atoms with Crippen molar-refractivity contribution in [3.63, 3.8) is 0 Å². The molecule has 0 aliphatic carbocycles. The fourth-order valence-corrected chi connectivity index (χ4v) is 3.77. The lowest BCUT2D eigenvalue weighted by molar-refractivity contribution is -0.133. The Bertz CT molecular complexity index is 1240. The summed E-state index contributed by atoms with van der Waals surface area (Å²) in [5.41, 5.74) is 1.58. The summed E-state index contributed by atoms with van der Waals surface area (Å²) in [5.74, 6) is 0.272. The smallest absolute Gasteiger partial charge is 0.354 e. The lowest BCUT2D eigenvalue weighted by atomic mass is 9.93. The number of hydrogen-bond acceptors (Lipinski definition) is 6. The quantitative estimate of drug-likeness (QED) is 0.463. The number of aromatic nitrogens is 1. The fraction of sp³-hybridized carbons (Fsp3) is 0.231. The minimum atomic E-state index is -1.12. The topological polar surface area (TPSA) is 104 Å². The Morgan fingerprint density at radius 3 is 2.51 bits per heavy atom. The number of aromatic carboxylic acids is 1. The van der Waals surface area contributed by atoms with Crippen LogP contribution in [0.1, 0.15) is 29.9 Å². The molecule has 1 aliphatic heterocycles. The number of amides is 1. The molecule has 35 heavy (non-hydrogen) atoms. The van der Waals surface area contributed by atoms with Gasteiger partial charge in [0.05, 0.1) is 19.0 Å². The van der Waals surface area contributed by atoms with Crippen LogP contribution in [0.2, 0.25) is 5.02 Å². The summed E-state index contributed by atoms with van der Waals surface area (Å²) >= 11 is 6.01. The standard InChI is InChI=1S/C26H25ClN4O4/c1-16(2)22-14-29-26(31(24(22)32)15-17-3-5-18(27)6-4-17)30-19-7-9-20(10-8-19)35-21-11-12-28-23(13-21)25(33)34/h3-13,16,22H,14-15H2,1-2H3,(H,29,30)(H,33,34). The maximum Gasteiger partial charge on any atom is 0.354 e. The average molecular weight is 493 g/mol. The number of hydrogen-bond donors (Lipinski definition) is 2. The van der Waals surface area contributed by atoms with Crippen LogP contribution in [0.15, 0.2) is 71.9 Å². The van der Waals surface area contributed by atoms with Crippen LogP contribution in [0.25, 0.3) is 0 Å². The molecule has 1 amide bonds. The van der Waals surface area contributed by atoms with Crippen LogP contribution >= 0.6 is 11.6 Å². The molecule has 2 aromatic carbocycles. The molecule has 4 rings (SSSR count). The number of carbonyl (C=O) groups is 2. The molecule has 0 radical (unpaired) electrons. The Morgan fingerprint density at radius 1 is 1.14 bits per heavy atom. The molecule has 1 aliphatic rings. The van der Waals surface area contributed by atoms with Gasteiger partial charge in [0.25, 0.3) is 0 Å². The summed E-state index contributed by atoms with van der Waals surface area (Å²) in [6, 6.07) is 17.4. The van der Waals surface area contributed by atoms with Gasteiger partial charge in [-0.15, -0.1) is 0 Å². The first-order chi connectivity index (χ1) is 16.8. The number of pyridine rings is 1. The van der Waals surface area contributed by atoms with Crippen molar-refractivity contribution in [2.75, 3.05) is 11.9 Å². The Balaban J connectivity index is 1.50. The molecule has 9 heteroatoms. The first kappa shape index (κ1) is 24.2. The zero-order valence-electron chi connectivity index (χ0n) is 19.3. The van der Waals surface area contributed by atoms with E-state index in [1.54, 1.807) is 47.4 Å². The summed E-state index contributed by atoms with van der Waals surface area (Å²) in [7, 11) is 0. The van der Waals surface area contributed by atoms with Gasteiger partial charge in [0.2, 0.25) is 11.9 Å². The minimum Gasteiger partial charge on any atom is -0.477 e. The molecule has 0 spiro atoms. The van der Waals surface area contributed by atoms with E-state index in [2.05, 4.69) is 15.3 Å². The van der Waals surface area contributed by atoms with Crippen LogP contribution in [0.5, 0.6) is 11.5 Å². The van der Waals surface area contributed by atoms with E-state index >= 15 is 0 Å². The number of nitrogens with zero attached hydrogens (tertiary/aromatic N) is 3. The monoisotopic (exact) mass is 492 g/mol. The predicted octanol–water partition coefficient (Wildman–Crippen LogP) is 5.31. The zero-order valence-corrected chi connectivity index (χ0v) is 20.1. The van der Waals surface area contributed by atoms with Crippen molar-refractivity contribution in [3.05, 3.63) is 83.1 Å². The molecule has 2 heterocycles. The molecule has 2 N–H and O–H groups in total. The van der Waals surface area contributed by atoms with E-state index in [0.29, 0.717) is 35.6 Å². The maximum atomic E-state index is 13.3. The maximum absolute atomic E-state index is 13.3. The molecule has 0 saturated carbocycles. The van der Waals surface area contributed by atoms with Gasteiger partial charge in [0.15, 0.2) is 5.69 Å². The number of aliphatic imine (C=N–C) groups is 1. The van der Waals surface area contributed by atoms with Crippen LogP contribution < -0.4 is 10.1 Å². The van der Waals surface area contributed by atoms with Crippen LogP contribution in [0.3, 0.4) is 0 Å². The number of nitrogens with one attached hydrogen (secondary N) is 1. The van der Waals surface area contributed by atoms with Gasteiger partial charge in [0.1, 0.15) is 11.5 Å². The number of halogens is 1. The first-order valence-electron chi connectivity index (χ1n) is 11.1. The van der Waals surface area contributed by atoms with Crippen LogP contribution in [0, 0.1) is 11.8 Å². The summed E-state index contributed by atoms with van der Waals surface area (Å²) in [4.78, 5) is 34.5. The second-order valence-corrected chi connectivity index (χ2v) is 8.94. The summed E-state index contributed by atoms with van der Waals surface area (Å²) in [5, 5.41) is 13.0. The number of rotatable bonds is 7. The van der Waals surface area contributed by atoms with Crippen LogP contribution in [0.4, 0.5) is 5.69 Å². The normalized spacial score (nSPS) is 15.7.